The second-order valence-corrected chi connectivity index (χ2v) is 4.97. The predicted molar refractivity (Wildman–Crippen MR) is 69.9 cm³/mol. The van der Waals surface area contributed by atoms with Gasteiger partial charge in [0.05, 0.1) is 5.54 Å². The number of carbonyl (C=O) groups excluding carboxylic acids is 1. The smallest absolute Gasteiger partial charge is 0.244 e. The molecule has 2 N–H and O–H groups in total. The largest absolute Gasteiger partial charge is 0.324 e. The average Bonchev–Trinajstić information content (AvgIpc) is 2.78. The van der Waals surface area contributed by atoms with Crippen molar-refractivity contribution in [2.24, 2.45) is 0 Å². The van der Waals surface area contributed by atoms with E-state index >= 15 is 0 Å². The van der Waals surface area contributed by atoms with E-state index in [4.69, 9.17) is 0 Å². The van der Waals surface area contributed by atoms with E-state index in [0.29, 0.717) is 0 Å². The molecule has 1 aliphatic rings. The minimum Gasteiger partial charge on any atom is -0.324 e. The van der Waals surface area contributed by atoms with Crippen molar-refractivity contribution in [2.75, 3.05) is 11.9 Å². The van der Waals surface area contributed by atoms with E-state index in [1.165, 1.54) is 0 Å². The second-order valence-electron chi connectivity index (χ2n) is 4.97. The maximum atomic E-state index is 13.1. The van der Waals surface area contributed by atoms with Gasteiger partial charge in [-0.3, -0.25) is 4.79 Å². The maximum absolute atomic E-state index is 13.1. The Morgan fingerprint density at radius 2 is 2.05 bits per heavy atom. The molecule has 0 aliphatic carbocycles. The Morgan fingerprint density at radius 3 is 2.58 bits per heavy atom. The zero-order valence-electron chi connectivity index (χ0n) is 10.9. The minimum atomic E-state index is -0.695. The van der Waals surface area contributed by atoms with Crippen LogP contribution in [0.15, 0.2) is 18.2 Å². The lowest BCUT2D eigenvalue weighted by molar-refractivity contribution is -0.122. The van der Waals surface area contributed by atoms with Crippen molar-refractivity contribution in [1.29, 1.82) is 0 Å². The van der Waals surface area contributed by atoms with Crippen LogP contribution in [-0.2, 0) is 4.79 Å². The Labute approximate surface area is 111 Å². The highest BCUT2D eigenvalue weighted by Crippen LogP contribution is 2.26. The van der Waals surface area contributed by atoms with Crippen LogP contribution in [0.1, 0.15) is 32.6 Å². The summed E-state index contributed by atoms with van der Waals surface area (Å²) in [4.78, 5) is 12.3. The molecule has 1 fully saturated rings. The van der Waals surface area contributed by atoms with Crippen molar-refractivity contribution in [1.82, 2.24) is 5.32 Å². The van der Waals surface area contributed by atoms with E-state index < -0.39 is 17.2 Å². The summed E-state index contributed by atoms with van der Waals surface area (Å²) in [7, 11) is 0. The van der Waals surface area contributed by atoms with Crippen LogP contribution in [0.4, 0.5) is 14.5 Å². The molecule has 1 aromatic rings. The summed E-state index contributed by atoms with van der Waals surface area (Å²) in [5.74, 6) is -1.60. The van der Waals surface area contributed by atoms with Gasteiger partial charge in [-0.05, 0) is 37.9 Å². The maximum Gasteiger partial charge on any atom is 0.244 e. The lowest BCUT2D eigenvalue weighted by Gasteiger charge is -2.27. The van der Waals surface area contributed by atoms with Crippen molar-refractivity contribution < 1.29 is 13.6 Å². The summed E-state index contributed by atoms with van der Waals surface area (Å²) in [6.45, 7) is 2.81. The molecule has 0 radical (unpaired) electrons. The standard InChI is InChI=1S/C14H18F2N2O/c1-2-4-14(5-3-6-17-14)13(19)18-12-8-10(15)7-11(16)9-12/h7-9,17H,2-6H2,1H3,(H,18,19). The third kappa shape index (κ3) is 3.10. The Kier molecular flexibility index (Phi) is 4.14. The monoisotopic (exact) mass is 268 g/mol. The first-order chi connectivity index (χ1) is 9.05. The number of halogens is 2. The van der Waals surface area contributed by atoms with E-state index in [1.54, 1.807) is 0 Å². The Morgan fingerprint density at radius 1 is 1.37 bits per heavy atom. The number of anilines is 1. The normalized spacial score (nSPS) is 22.5. The highest BCUT2D eigenvalue weighted by atomic mass is 19.1. The summed E-state index contributed by atoms with van der Waals surface area (Å²) >= 11 is 0. The second kappa shape index (κ2) is 5.65. The van der Waals surface area contributed by atoms with Gasteiger partial charge < -0.3 is 10.6 Å². The van der Waals surface area contributed by atoms with Crippen LogP contribution in [0.3, 0.4) is 0 Å². The van der Waals surface area contributed by atoms with Crippen LogP contribution in [0.25, 0.3) is 0 Å². The molecule has 3 nitrogen and oxygen atoms in total. The zero-order chi connectivity index (χ0) is 13.9. The molecule has 1 amide bonds. The predicted octanol–water partition coefficient (Wildman–Crippen LogP) is 2.83. The molecular formula is C14H18F2N2O. The molecule has 1 aromatic carbocycles. The number of hydrogen-bond donors (Lipinski definition) is 2. The summed E-state index contributed by atoms with van der Waals surface area (Å²) in [6.07, 6.45) is 3.28. The quantitative estimate of drug-likeness (QED) is 0.881. The van der Waals surface area contributed by atoms with Crippen molar-refractivity contribution in [3.05, 3.63) is 29.8 Å². The van der Waals surface area contributed by atoms with Gasteiger partial charge in [0, 0.05) is 11.8 Å². The van der Waals surface area contributed by atoms with Gasteiger partial charge in [-0.2, -0.15) is 0 Å². The average molecular weight is 268 g/mol. The Hall–Kier alpha value is -1.49. The minimum absolute atomic E-state index is 0.159. The number of amides is 1. The number of carbonyl (C=O) groups is 1. The number of rotatable bonds is 4. The first-order valence-corrected chi connectivity index (χ1v) is 6.58. The van der Waals surface area contributed by atoms with E-state index in [9.17, 15) is 13.6 Å². The molecule has 0 spiro atoms. The molecule has 2 rings (SSSR count). The molecule has 1 atom stereocenters. The molecule has 19 heavy (non-hydrogen) atoms. The molecule has 1 aliphatic heterocycles. The van der Waals surface area contributed by atoms with E-state index in [1.807, 2.05) is 6.92 Å². The molecule has 0 bridgehead atoms. The number of hydrogen-bond acceptors (Lipinski definition) is 2. The molecule has 1 saturated heterocycles. The fraction of sp³-hybridized carbons (Fsp3) is 0.500. The van der Waals surface area contributed by atoms with Crippen LogP contribution in [0.5, 0.6) is 0 Å². The van der Waals surface area contributed by atoms with Crippen LogP contribution in [-0.4, -0.2) is 18.0 Å². The fourth-order valence-corrected chi connectivity index (χ4v) is 2.63. The van der Waals surface area contributed by atoms with Crippen LogP contribution < -0.4 is 10.6 Å². The van der Waals surface area contributed by atoms with Gasteiger partial charge in [-0.15, -0.1) is 0 Å². The van der Waals surface area contributed by atoms with Gasteiger partial charge in [-0.25, -0.2) is 8.78 Å². The van der Waals surface area contributed by atoms with Crippen molar-refractivity contribution in [3.63, 3.8) is 0 Å². The lowest BCUT2D eigenvalue weighted by Crippen LogP contribution is -2.50. The summed E-state index contributed by atoms with van der Waals surface area (Å²) in [6, 6.07) is 3.02. The Balaban J connectivity index is 2.14. The topological polar surface area (TPSA) is 41.1 Å². The van der Waals surface area contributed by atoms with Crippen LogP contribution in [0, 0.1) is 11.6 Å². The summed E-state index contributed by atoms with van der Waals surface area (Å²) < 4.78 is 26.2. The van der Waals surface area contributed by atoms with Gasteiger partial charge >= 0.3 is 0 Å². The summed E-state index contributed by atoms with van der Waals surface area (Å²) in [5, 5.41) is 5.83. The van der Waals surface area contributed by atoms with Crippen molar-refractivity contribution in [3.8, 4) is 0 Å². The third-order valence-electron chi connectivity index (χ3n) is 3.48. The molecule has 104 valence electrons. The van der Waals surface area contributed by atoms with Gasteiger partial charge in [0.1, 0.15) is 11.6 Å². The van der Waals surface area contributed by atoms with Crippen LogP contribution >= 0.6 is 0 Å². The zero-order valence-corrected chi connectivity index (χ0v) is 10.9. The number of nitrogens with one attached hydrogen (secondary N) is 2. The van der Waals surface area contributed by atoms with Gasteiger partial charge in [0.25, 0.3) is 0 Å². The van der Waals surface area contributed by atoms with E-state index in [2.05, 4.69) is 10.6 Å². The molecule has 0 aromatic heterocycles. The number of benzene rings is 1. The van der Waals surface area contributed by atoms with Gasteiger partial charge in [0.2, 0.25) is 5.91 Å². The van der Waals surface area contributed by atoms with Gasteiger partial charge in [-0.1, -0.05) is 13.3 Å². The van der Waals surface area contributed by atoms with Gasteiger partial charge in [0.15, 0.2) is 0 Å². The highest BCUT2D eigenvalue weighted by Gasteiger charge is 2.39. The fourth-order valence-electron chi connectivity index (χ4n) is 2.63. The summed E-state index contributed by atoms with van der Waals surface area (Å²) in [5.41, 5.74) is -0.441. The first-order valence-electron chi connectivity index (χ1n) is 6.58. The molecular weight excluding hydrogens is 250 g/mol. The molecule has 1 unspecified atom stereocenters. The van der Waals surface area contributed by atoms with Crippen LogP contribution in [0.2, 0.25) is 0 Å². The first kappa shape index (κ1) is 13.9. The third-order valence-corrected chi connectivity index (χ3v) is 3.48. The van der Waals surface area contributed by atoms with Crippen molar-refractivity contribution >= 4 is 11.6 Å². The van der Waals surface area contributed by atoms with E-state index in [-0.39, 0.29) is 11.6 Å². The SMILES string of the molecule is CCCC1(C(=O)Nc2cc(F)cc(F)c2)CCCN1. The molecule has 0 saturated carbocycles. The highest BCUT2D eigenvalue weighted by molar-refractivity contribution is 5.98. The Bertz CT molecular complexity index is 450. The van der Waals surface area contributed by atoms with Crippen molar-refractivity contribution in [2.45, 2.75) is 38.1 Å². The molecule has 5 heteroatoms. The lowest BCUT2D eigenvalue weighted by atomic mass is 9.91. The van der Waals surface area contributed by atoms with E-state index in [0.717, 1.165) is 50.4 Å². The molecule has 1 heterocycles.